The molecule has 2 N–H and O–H groups in total. The van der Waals surface area contributed by atoms with Crippen molar-refractivity contribution in [3.63, 3.8) is 0 Å². The first-order valence-electron chi connectivity index (χ1n) is 7.47. The fraction of sp³-hybridized carbons (Fsp3) is 0.278. The number of carbonyl (C=O) groups excluding carboxylic acids is 1. The van der Waals surface area contributed by atoms with Crippen molar-refractivity contribution in [3.05, 3.63) is 48.1 Å². The lowest BCUT2D eigenvalue weighted by Gasteiger charge is -2.28. The zero-order valence-electron chi connectivity index (χ0n) is 13.1. The number of rotatable bonds is 6. The molecule has 0 saturated carbocycles. The number of esters is 1. The fourth-order valence-corrected chi connectivity index (χ4v) is 2.84. The lowest BCUT2D eigenvalue weighted by atomic mass is 9.76. The van der Waals surface area contributed by atoms with Gasteiger partial charge in [-0.1, -0.05) is 30.4 Å². The summed E-state index contributed by atoms with van der Waals surface area (Å²) >= 11 is 0. The van der Waals surface area contributed by atoms with Crippen molar-refractivity contribution in [1.82, 2.24) is 0 Å². The Bertz CT molecular complexity index is 699. The van der Waals surface area contributed by atoms with E-state index in [0.717, 1.165) is 11.1 Å². The van der Waals surface area contributed by atoms with E-state index in [1.54, 1.807) is 42.5 Å². The summed E-state index contributed by atoms with van der Waals surface area (Å²) < 4.78 is 4.98. The van der Waals surface area contributed by atoms with Gasteiger partial charge in [0, 0.05) is 12.8 Å². The molecule has 1 aromatic carbocycles. The van der Waals surface area contributed by atoms with E-state index in [0.29, 0.717) is 5.75 Å². The summed E-state index contributed by atoms with van der Waals surface area (Å²) in [6.07, 6.45) is 5.00. The summed E-state index contributed by atoms with van der Waals surface area (Å²) in [6, 6.07) is 6.71. The summed E-state index contributed by atoms with van der Waals surface area (Å²) in [7, 11) is 0. The van der Waals surface area contributed by atoms with E-state index in [4.69, 9.17) is 14.9 Å². The average Bonchev–Trinajstić information content (AvgIpc) is 2.48. The number of ether oxygens (including phenoxy) is 1. The number of carboxylic acid groups (broad SMARTS) is 2. The number of carboxylic acids is 2. The van der Waals surface area contributed by atoms with Crippen LogP contribution in [0, 0.1) is 11.8 Å². The van der Waals surface area contributed by atoms with E-state index in [1.807, 2.05) is 0 Å². The largest absolute Gasteiger partial charge is 0.481 e. The molecular weight excluding hydrogens is 312 g/mol. The Balaban J connectivity index is 2.29. The van der Waals surface area contributed by atoms with E-state index in [2.05, 4.69) is 0 Å². The minimum Gasteiger partial charge on any atom is -0.481 e. The number of carbonyl (C=O) groups is 3. The van der Waals surface area contributed by atoms with E-state index in [1.165, 1.54) is 6.92 Å². The van der Waals surface area contributed by atoms with Crippen molar-refractivity contribution in [2.24, 2.45) is 11.8 Å². The SMILES string of the molecule is CC(=O)Oc1ccc(C2=CC=C[C@H](CC(=O)O)[C@@H]2CC(=O)O)cc1. The van der Waals surface area contributed by atoms with Crippen LogP contribution in [-0.2, 0) is 14.4 Å². The Labute approximate surface area is 139 Å². The molecular formula is C18H18O6. The first-order valence-corrected chi connectivity index (χ1v) is 7.47. The molecule has 0 spiro atoms. The number of aliphatic carboxylic acids is 2. The molecule has 6 heteroatoms. The highest BCUT2D eigenvalue weighted by molar-refractivity contribution is 5.78. The highest BCUT2D eigenvalue weighted by Gasteiger charge is 2.29. The van der Waals surface area contributed by atoms with Gasteiger partial charge in [-0.3, -0.25) is 14.4 Å². The first kappa shape index (κ1) is 17.5. The van der Waals surface area contributed by atoms with Gasteiger partial charge in [0.05, 0.1) is 12.8 Å². The molecule has 2 atom stereocenters. The standard InChI is InChI=1S/C18H18O6/c1-11(19)24-14-7-5-12(6-8-14)15-4-2-3-13(9-17(20)21)16(15)10-18(22)23/h2-8,13,16H,9-10H2,1H3,(H,20,21)(H,22,23)/t13-,16+/m1/s1. The van der Waals surface area contributed by atoms with Crippen molar-refractivity contribution < 1.29 is 29.3 Å². The zero-order chi connectivity index (χ0) is 17.7. The van der Waals surface area contributed by atoms with Crippen molar-refractivity contribution in [1.29, 1.82) is 0 Å². The van der Waals surface area contributed by atoms with Gasteiger partial charge in [-0.15, -0.1) is 0 Å². The number of hydrogen-bond donors (Lipinski definition) is 2. The van der Waals surface area contributed by atoms with Crippen molar-refractivity contribution in [3.8, 4) is 5.75 Å². The van der Waals surface area contributed by atoms with Gasteiger partial charge in [-0.05, 0) is 29.2 Å². The minimum absolute atomic E-state index is 0.128. The second-order valence-corrected chi connectivity index (χ2v) is 5.59. The first-order chi connectivity index (χ1) is 11.4. The summed E-state index contributed by atoms with van der Waals surface area (Å²) in [5.41, 5.74) is 1.54. The molecule has 0 heterocycles. The molecule has 1 aliphatic rings. The molecule has 0 amide bonds. The van der Waals surface area contributed by atoms with E-state index in [9.17, 15) is 14.4 Å². The molecule has 0 bridgehead atoms. The highest BCUT2D eigenvalue weighted by Crippen LogP contribution is 2.38. The lowest BCUT2D eigenvalue weighted by Crippen LogP contribution is -2.23. The third-order valence-electron chi connectivity index (χ3n) is 3.80. The molecule has 2 rings (SSSR count). The smallest absolute Gasteiger partial charge is 0.308 e. The fourth-order valence-electron chi connectivity index (χ4n) is 2.84. The monoisotopic (exact) mass is 330 g/mol. The van der Waals surface area contributed by atoms with Crippen LogP contribution < -0.4 is 4.74 Å². The maximum Gasteiger partial charge on any atom is 0.308 e. The molecule has 0 fully saturated rings. The van der Waals surface area contributed by atoms with Crippen LogP contribution in [0.5, 0.6) is 5.75 Å². The number of hydrogen-bond acceptors (Lipinski definition) is 4. The summed E-state index contributed by atoms with van der Waals surface area (Å²) in [6.45, 7) is 1.31. The zero-order valence-corrected chi connectivity index (χ0v) is 13.1. The predicted octanol–water partition coefficient (Wildman–Crippen LogP) is 2.75. The van der Waals surface area contributed by atoms with Crippen LogP contribution in [-0.4, -0.2) is 28.1 Å². The van der Waals surface area contributed by atoms with Crippen molar-refractivity contribution in [2.45, 2.75) is 19.8 Å². The van der Waals surface area contributed by atoms with Crippen LogP contribution in [0.25, 0.3) is 5.57 Å². The predicted molar refractivity (Wildman–Crippen MR) is 86.4 cm³/mol. The van der Waals surface area contributed by atoms with Crippen LogP contribution in [0.15, 0.2) is 42.5 Å². The average molecular weight is 330 g/mol. The maximum absolute atomic E-state index is 11.2. The second kappa shape index (κ2) is 7.59. The third-order valence-corrected chi connectivity index (χ3v) is 3.80. The lowest BCUT2D eigenvalue weighted by molar-refractivity contribution is -0.140. The van der Waals surface area contributed by atoms with Gasteiger partial charge in [0.25, 0.3) is 0 Å². The van der Waals surface area contributed by atoms with E-state index in [-0.39, 0.29) is 18.8 Å². The van der Waals surface area contributed by atoms with E-state index >= 15 is 0 Å². The Morgan fingerprint density at radius 1 is 1.04 bits per heavy atom. The molecule has 1 aromatic rings. The second-order valence-electron chi connectivity index (χ2n) is 5.59. The Kier molecular flexibility index (Phi) is 5.52. The van der Waals surface area contributed by atoms with Crippen LogP contribution in [0.4, 0.5) is 0 Å². The van der Waals surface area contributed by atoms with Gasteiger partial charge in [0.15, 0.2) is 0 Å². The van der Waals surface area contributed by atoms with Gasteiger partial charge < -0.3 is 14.9 Å². The van der Waals surface area contributed by atoms with E-state index < -0.39 is 23.8 Å². The molecule has 126 valence electrons. The quantitative estimate of drug-likeness (QED) is 0.614. The Morgan fingerprint density at radius 3 is 2.21 bits per heavy atom. The minimum atomic E-state index is -0.979. The van der Waals surface area contributed by atoms with Crippen molar-refractivity contribution in [2.75, 3.05) is 0 Å². The summed E-state index contributed by atoms with van der Waals surface area (Å²) in [5, 5.41) is 18.2. The molecule has 1 aliphatic carbocycles. The van der Waals surface area contributed by atoms with Gasteiger partial charge in [-0.2, -0.15) is 0 Å². The Hall–Kier alpha value is -2.89. The third kappa shape index (κ3) is 4.55. The number of benzene rings is 1. The summed E-state index contributed by atoms with van der Waals surface area (Å²) in [4.78, 5) is 33.2. The van der Waals surface area contributed by atoms with Gasteiger partial charge in [0.1, 0.15) is 5.75 Å². The molecule has 0 aromatic heterocycles. The molecule has 0 aliphatic heterocycles. The van der Waals surface area contributed by atoms with Crippen LogP contribution in [0.3, 0.4) is 0 Å². The van der Waals surface area contributed by atoms with Crippen LogP contribution in [0.1, 0.15) is 25.3 Å². The molecule has 0 saturated heterocycles. The van der Waals surface area contributed by atoms with Gasteiger partial charge in [-0.25, -0.2) is 0 Å². The van der Waals surface area contributed by atoms with Gasteiger partial charge in [0.2, 0.25) is 0 Å². The van der Waals surface area contributed by atoms with Gasteiger partial charge >= 0.3 is 17.9 Å². The van der Waals surface area contributed by atoms with Crippen LogP contribution in [0.2, 0.25) is 0 Å². The van der Waals surface area contributed by atoms with Crippen LogP contribution >= 0.6 is 0 Å². The molecule has 0 radical (unpaired) electrons. The number of allylic oxidation sites excluding steroid dienone is 4. The maximum atomic E-state index is 11.2. The molecule has 24 heavy (non-hydrogen) atoms. The van der Waals surface area contributed by atoms with Crippen molar-refractivity contribution >= 4 is 23.5 Å². The molecule has 6 nitrogen and oxygen atoms in total. The topological polar surface area (TPSA) is 101 Å². The summed E-state index contributed by atoms with van der Waals surface area (Å²) in [5.74, 6) is -2.78. The normalized spacial score (nSPS) is 19.5. The Morgan fingerprint density at radius 2 is 1.67 bits per heavy atom. The molecule has 0 unspecified atom stereocenters. The highest BCUT2D eigenvalue weighted by atomic mass is 16.5.